The average molecular weight is 308 g/mol. The van der Waals surface area contributed by atoms with Crippen LogP contribution in [0.2, 0.25) is 0 Å². The normalized spacial score (nSPS) is 11.6. The predicted molar refractivity (Wildman–Crippen MR) is 71.0 cm³/mol. The van der Waals surface area contributed by atoms with Crippen molar-refractivity contribution >= 4 is 11.0 Å². The monoisotopic (exact) mass is 308 g/mol. The highest BCUT2D eigenvalue weighted by molar-refractivity contribution is 5.74. The molecule has 1 aromatic heterocycles. The highest BCUT2D eigenvalue weighted by Crippen LogP contribution is 2.36. The third kappa shape index (κ3) is 2.83. The third-order valence-electron chi connectivity index (χ3n) is 2.84. The smallest absolute Gasteiger partial charge is 0.437 e. The van der Waals surface area contributed by atoms with Gasteiger partial charge in [0.1, 0.15) is 11.6 Å². The molecule has 22 heavy (non-hydrogen) atoms. The van der Waals surface area contributed by atoms with Crippen molar-refractivity contribution in [3.63, 3.8) is 0 Å². The van der Waals surface area contributed by atoms with E-state index >= 15 is 0 Å². The van der Waals surface area contributed by atoms with Gasteiger partial charge in [-0.2, -0.15) is 13.2 Å². The minimum Gasteiger partial charge on any atom is -0.437 e. The fourth-order valence-corrected chi connectivity index (χ4v) is 1.85. The molecule has 0 N–H and O–H groups in total. The summed E-state index contributed by atoms with van der Waals surface area (Å²) >= 11 is 0. The van der Waals surface area contributed by atoms with Crippen LogP contribution in [-0.2, 0) is 6.18 Å². The summed E-state index contributed by atoms with van der Waals surface area (Å²) in [4.78, 5) is 7.43. The van der Waals surface area contributed by atoms with Gasteiger partial charge >= 0.3 is 6.18 Å². The van der Waals surface area contributed by atoms with Crippen LogP contribution in [0.15, 0.2) is 48.5 Å². The Bertz CT molecular complexity index is 816. The predicted octanol–water partition coefficient (Wildman–Crippen LogP) is 4.58. The molecular formula is C15H8F4N2O. The largest absolute Gasteiger partial charge is 0.438 e. The Labute approximate surface area is 122 Å². The van der Waals surface area contributed by atoms with Crippen LogP contribution >= 0.6 is 0 Å². The first-order valence-corrected chi connectivity index (χ1v) is 6.21. The quantitative estimate of drug-likeness (QED) is 0.650. The van der Waals surface area contributed by atoms with Gasteiger partial charge in [0.2, 0.25) is 5.69 Å². The molecule has 0 bridgehead atoms. The van der Waals surface area contributed by atoms with E-state index in [1.54, 1.807) is 12.1 Å². The van der Waals surface area contributed by atoms with Gasteiger partial charge in [0.25, 0.3) is 5.88 Å². The lowest BCUT2D eigenvalue weighted by Crippen LogP contribution is -2.11. The van der Waals surface area contributed by atoms with Gasteiger partial charge in [0.15, 0.2) is 0 Å². The summed E-state index contributed by atoms with van der Waals surface area (Å²) in [6, 6.07) is 10.7. The van der Waals surface area contributed by atoms with Gasteiger partial charge < -0.3 is 4.74 Å². The van der Waals surface area contributed by atoms with Crippen molar-refractivity contribution in [2.75, 3.05) is 0 Å². The first kappa shape index (κ1) is 14.2. The minimum atomic E-state index is -4.72. The lowest BCUT2D eigenvalue weighted by Gasteiger charge is -2.12. The van der Waals surface area contributed by atoms with E-state index in [1.165, 1.54) is 24.3 Å². The molecule has 3 aromatic rings. The summed E-state index contributed by atoms with van der Waals surface area (Å²) in [5, 5.41) is 0. The molecule has 0 aliphatic carbocycles. The Kier molecular flexibility index (Phi) is 3.40. The SMILES string of the molecule is Fc1ccc(Oc2nc3ccccc3nc2C(F)(F)F)cc1. The van der Waals surface area contributed by atoms with Gasteiger partial charge in [-0.05, 0) is 36.4 Å². The molecule has 0 atom stereocenters. The highest BCUT2D eigenvalue weighted by Gasteiger charge is 2.38. The standard InChI is InChI=1S/C15H8F4N2O/c16-9-5-7-10(8-6-9)22-14-13(15(17,18)19)20-11-3-1-2-4-12(11)21-14/h1-8H. The van der Waals surface area contributed by atoms with Gasteiger partial charge in [-0.3, -0.25) is 0 Å². The Hall–Kier alpha value is -2.70. The van der Waals surface area contributed by atoms with Gasteiger partial charge in [-0.25, -0.2) is 14.4 Å². The summed E-state index contributed by atoms with van der Waals surface area (Å²) in [6.45, 7) is 0. The van der Waals surface area contributed by atoms with Gasteiger partial charge in [0.05, 0.1) is 11.0 Å². The Morgan fingerprint density at radius 3 is 2.00 bits per heavy atom. The van der Waals surface area contributed by atoms with E-state index in [0.717, 1.165) is 12.1 Å². The topological polar surface area (TPSA) is 35.0 Å². The van der Waals surface area contributed by atoms with Crippen LogP contribution in [0.25, 0.3) is 11.0 Å². The molecule has 0 aliphatic heterocycles. The van der Waals surface area contributed by atoms with Crippen molar-refractivity contribution in [3.05, 3.63) is 60.0 Å². The number of hydrogen-bond donors (Lipinski definition) is 0. The summed E-state index contributed by atoms with van der Waals surface area (Å²) in [7, 11) is 0. The van der Waals surface area contributed by atoms with E-state index in [2.05, 4.69) is 9.97 Å². The van der Waals surface area contributed by atoms with Crippen LogP contribution in [-0.4, -0.2) is 9.97 Å². The molecule has 0 radical (unpaired) electrons. The lowest BCUT2D eigenvalue weighted by atomic mass is 10.3. The Balaban J connectivity index is 2.11. The fourth-order valence-electron chi connectivity index (χ4n) is 1.85. The molecular weight excluding hydrogens is 300 g/mol. The van der Waals surface area contributed by atoms with Crippen LogP contribution in [0.3, 0.4) is 0 Å². The number of benzene rings is 2. The van der Waals surface area contributed by atoms with E-state index in [0.29, 0.717) is 0 Å². The molecule has 3 rings (SSSR count). The maximum absolute atomic E-state index is 13.1. The van der Waals surface area contributed by atoms with E-state index in [-0.39, 0.29) is 16.8 Å². The van der Waals surface area contributed by atoms with Gasteiger partial charge in [0, 0.05) is 0 Å². The zero-order chi connectivity index (χ0) is 15.7. The maximum Gasteiger partial charge on any atom is 0.438 e. The van der Waals surface area contributed by atoms with Gasteiger partial charge in [-0.1, -0.05) is 12.1 Å². The number of alkyl halides is 3. The van der Waals surface area contributed by atoms with Crippen LogP contribution < -0.4 is 4.74 Å². The molecule has 0 spiro atoms. The van der Waals surface area contributed by atoms with Crippen LogP contribution in [0.5, 0.6) is 11.6 Å². The third-order valence-corrected chi connectivity index (χ3v) is 2.84. The van der Waals surface area contributed by atoms with Crippen molar-refractivity contribution in [2.24, 2.45) is 0 Å². The maximum atomic E-state index is 13.1. The molecule has 7 heteroatoms. The fraction of sp³-hybridized carbons (Fsp3) is 0.0667. The molecule has 0 saturated heterocycles. The number of fused-ring (bicyclic) bond motifs is 1. The zero-order valence-corrected chi connectivity index (χ0v) is 10.9. The van der Waals surface area contributed by atoms with Gasteiger partial charge in [-0.15, -0.1) is 0 Å². The van der Waals surface area contributed by atoms with Crippen molar-refractivity contribution < 1.29 is 22.3 Å². The number of nitrogens with zero attached hydrogens (tertiary/aromatic N) is 2. The molecule has 112 valence electrons. The first-order valence-electron chi connectivity index (χ1n) is 6.21. The van der Waals surface area contributed by atoms with Crippen LogP contribution in [0, 0.1) is 5.82 Å². The molecule has 0 fully saturated rings. The number of hydrogen-bond acceptors (Lipinski definition) is 3. The molecule has 1 heterocycles. The van der Waals surface area contributed by atoms with Crippen molar-refractivity contribution in [1.29, 1.82) is 0 Å². The van der Waals surface area contributed by atoms with Crippen LogP contribution in [0.1, 0.15) is 5.69 Å². The van der Waals surface area contributed by atoms with E-state index in [4.69, 9.17) is 4.74 Å². The number of ether oxygens (including phenoxy) is 1. The zero-order valence-electron chi connectivity index (χ0n) is 10.9. The molecule has 0 saturated carbocycles. The lowest BCUT2D eigenvalue weighted by molar-refractivity contribution is -0.142. The second kappa shape index (κ2) is 5.25. The minimum absolute atomic E-state index is 0.0384. The van der Waals surface area contributed by atoms with Crippen molar-refractivity contribution in [2.45, 2.75) is 6.18 Å². The summed E-state index contributed by atoms with van der Waals surface area (Å²) in [5.41, 5.74) is -0.843. The summed E-state index contributed by atoms with van der Waals surface area (Å²) in [6.07, 6.45) is -4.72. The average Bonchev–Trinajstić information content (AvgIpc) is 2.48. The number of aromatic nitrogens is 2. The highest BCUT2D eigenvalue weighted by atomic mass is 19.4. The molecule has 2 aromatic carbocycles. The summed E-state index contributed by atoms with van der Waals surface area (Å²) in [5.74, 6) is -1.15. The molecule has 3 nitrogen and oxygen atoms in total. The van der Waals surface area contributed by atoms with Crippen molar-refractivity contribution in [1.82, 2.24) is 9.97 Å². The van der Waals surface area contributed by atoms with E-state index in [9.17, 15) is 17.6 Å². The second-order valence-electron chi connectivity index (χ2n) is 4.42. The van der Waals surface area contributed by atoms with E-state index < -0.39 is 23.6 Å². The van der Waals surface area contributed by atoms with Crippen LogP contribution in [0.4, 0.5) is 17.6 Å². The first-order chi connectivity index (χ1) is 10.4. The Morgan fingerprint density at radius 1 is 0.818 bits per heavy atom. The molecule has 0 amide bonds. The molecule has 0 unspecified atom stereocenters. The second-order valence-corrected chi connectivity index (χ2v) is 4.42. The molecule has 0 aliphatic rings. The number of halogens is 4. The van der Waals surface area contributed by atoms with E-state index in [1.807, 2.05) is 0 Å². The number of para-hydroxylation sites is 2. The van der Waals surface area contributed by atoms with Crippen molar-refractivity contribution in [3.8, 4) is 11.6 Å². The number of rotatable bonds is 2. The Morgan fingerprint density at radius 2 is 1.41 bits per heavy atom. The summed E-state index contributed by atoms with van der Waals surface area (Å²) < 4.78 is 57.3.